The Balaban J connectivity index is 1.68. The summed E-state index contributed by atoms with van der Waals surface area (Å²) < 4.78 is 38.2. The summed E-state index contributed by atoms with van der Waals surface area (Å²) in [6.07, 6.45) is 4.80. The van der Waals surface area contributed by atoms with Crippen LogP contribution in [0.1, 0.15) is 30.1 Å². The monoisotopic (exact) mass is 456 g/mol. The zero-order valence-corrected chi connectivity index (χ0v) is 18.6. The van der Waals surface area contributed by atoms with Gasteiger partial charge in [-0.15, -0.1) is 0 Å². The SMILES string of the molecule is CCCCOc1ccc(C(=O)Nc2ccc(S(=O)(=O)Nc3ncccn3)cc2)cc1OC. The number of carbonyl (C=O) groups excluding carboxylic acids is 1. The maximum Gasteiger partial charge on any atom is 0.264 e. The van der Waals surface area contributed by atoms with Crippen LogP contribution >= 0.6 is 0 Å². The highest BCUT2D eigenvalue weighted by molar-refractivity contribution is 7.92. The van der Waals surface area contributed by atoms with Gasteiger partial charge < -0.3 is 14.8 Å². The van der Waals surface area contributed by atoms with Crippen molar-refractivity contribution >= 4 is 27.6 Å². The number of carbonyl (C=O) groups is 1. The summed E-state index contributed by atoms with van der Waals surface area (Å²) in [7, 11) is -2.34. The summed E-state index contributed by atoms with van der Waals surface area (Å²) in [6.45, 7) is 2.64. The van der Waals surface area contributed by atoms with Crippen LogP contribution in [0.3, 0.4) is 0 Å². The van der Waals surface area contributed by atoms with Crippen molar-refractivity contribution in [3.63, 3.8) is 0 Å². The van der Waals surface area contributed by atoms with Crippen molar-refractivity contribution in [1.82, 2.24) is 9.97 Å². The molecule has 3 aromatic rings. The van der Waals surface area contributed by atoms with Crippen LogP contribution in [0.4, 0.5) is 11.6 Å². The van der Waals surface area contributed by atoms with E-state index in [2.05, 4.69) is 26.9 Å². The second-order valence-electron chi connectivity index (χ2n) is 6.72. The Hall–Kier alpha value is -3.66. The smallest absolute Gasteiger partial charge is 0.264 e. The summed E-state index contributed by atoms with van der Waals surface area (Å²) in [6, 6.07) is 12.3. The Kier molecular flexibility index (Phi) is 7.61. The first-order valence-electron chi connectivity index (χ1n) is 9.95. The Morgan fingerprint density at radius 1 is 1.03 bits per heavy atom. The van der Waals surface area contributed by atoms with E-state index in [0.29, 0.717) is 29.4 Å². The van der Waals surface area contributed by atoms with E-state index in [1.165, 1.54) is 43.8 Å². The minimum atomic E-state index is -3.85. The molecule has 0 unspecified atom stereocenters. The van der Waals surface area contributed by atoms with E-state index < -0.39 is 10.0 Å². The number of amides is 1. The molecule has 10 heteroatoms. The number of hydrogen-bond acceptors (Lipinski definition) is 7. The first kappa shape index (κ1) is 23.0. The zero-order chi connectivity index (χ0) is 23.0. The van der Waals surface area contributed by atoms with Crippen LogP contribution in [0.15, 0.2) is 65.8 Å². The van der Waals surface area contributed by atoms with Crippen LogP contribution in [0.25, 0.3) is 0 Å². The highest BCUT2D eigenvalue weighted by Gasteiger charge is 2.16. The van der Waals surface area contributed by atoms with E-state index in [-0.39, 0.29) is 16.8 Å². The van der Waals surface area contributed by atoms with Gasteiger partial charge >= 0.3 is 0 Å². The summed E-state index contributed by atoms with van der Waals surface area (Å²) in [5.41, 5.74) is 0.816. The lowest BCUT2D eigenvalue weighted by Crippen LogP contribution is -2.15. The number of rotatable bonds is 10. The molecule has 0 fully saturated rings. The predicted molar refractivity (Wildman–Crippen MR) is 121 cm³/mol. The summed E-state index contributed by atoms with van der Waals surface area (Å²) in [4.78, 5) is 20.3. The van der Waals surface area contributed by atoms with E-state index in [9.17, 15) is 13.2 Å². The van der Waals surface area contributed by atoms with Crippen molar-refractivity contribution in [1.29, 1.82) is 0 Å². The molecule has 2 aromatic carbocycles. The number of benzene rings is 2. The number of hydrogen-bond donors (Lipinski definition) is 2. The van der Waals surface area contributed by atoms with E-state index >= 15 is 0 Å². The highest BCUT2D eigenvalue weighted by atomic mass is 32.2. The fourth-order valence-corrected chi connectivity index (χ4v) is 3.66. The van der Waals surface area contributed by atoms with Gasteiger partial charge in [-0.3, -0.25) is 4.79 Å². The Morgan fingerprint density at radius 2 is 1.75 bits per heavy atom. The number of unbranched alkanes of at least 4 members (excludes halogenated alkanes) is 1. The number of aromatic nitrogens is 2. The molecule has 0 aliphatic rings. The fourth-order valence-electron chi connectivity index (χ4n) is 2.71. The molecule has 0 aliphatic carbocycles. The second kappa shape index (κ2) is 10.6. The lowest BCUT2D eigenvalue weighted by Gasteiger charge is -2.12. The predicted octanol–water partition coefficient (Wildman–Crippen LogP) is 3.72. The molecule has 0 atom stereocenters. The van der Waals surface area contributed by atoms with Crippen molar-refractivity contribution < 1.29 is 22.7 Å². The second-order valence-corrected chi connectivity index (χ2v) is 8.41. The molecule has 0 radical (unpaired) electrons. The first-order valence-corrected chi connectivity index (χ1v) is 11.4. The van der Waals surface area contributed by atoms with Gasteiger partial charge in [0.25, 0.3) is 15.9 Å². The molecule has 1 heterocycles. The number of ether oxygens (including phenoxy) is 2. The maximum absolute atomic E-state index is 12.6. The van der Waals surface area contributed by atoms with E-state index in [0.717, 1.165) is 12.8 Å². The highest BCUT2D eigenvalue weighted by Crippen LogP contribution is 2.28. The molecule has 0 spiro atoms. The Labute approximate surface area is 186 Å². The first-order chi connectivity index (χ1) is 15.4. The van der Waals surface area contributed by atoms with Crippen molar-refractivity contribution in [2.45, 2.75) is 24.7 Å². The van der Waals surface area contributed by atoms with E-state index in [1.807, 2.05) is 0 Å². The van der Waals surface area contributed by atoms with E-state index in [1.54, 1.807) is 24.3 Å². The standard InChI is InChI=1S/C22H24N4O5S/c1-3-4-14-31-19-11-6-16(15-20(19)30-2)21(27)25-17-7-9-18(10-8-17)32(28,29)26-22-23-12-5-13-24-22/h5-13,15H,3-4,14H2,1-2H3,(H,25,27)(H,23,24,26). The van der Waals surface area contributed by atoms with E-state index in [4.69, 9.17) is 9.47 Å². The third-order valence-corrected chi connectivity index (χ3v) is 5.74. The molecule has 1 aromatic heterocycles. The third kappa shape index (κ3) is 5.94. The van der Waals surface area contributed by atoms with Crippen molar-refractivity contribution in [2.75, 3.05) is 23.8 Å². The average Bonchev–Trinajstić information content (AvgIpc) is 2.80. The lowest BCUT2D eigenvalue weighted by atomic mass is 10.2. The molecule has 0 bridgehead atoms. The van der Waals surface area contributed by atoms with Gasteiger partial charge in [-0.05, 0) is 55.0 Å². The molecular weight excluding hydrogens is 432 g/mol. The Bertz CT molecular complexity index is 1150. The van der Waals surface area contributed by atoms with Crippen molar-refractivity contribution in [3.8, 4) is 11.5 Å². The number of anilines is 2. The summed E-state index contributed by atoms with van der Waals surface area (Å²) in [5.74, 6) is 0.641. The minimum Gasteiger partial charge on any atom is -0.493 e. The molecule has 0 saturated heterocycles. The largest absolute Gasteiger partial charge is 0.493 e. The van der Waals surface area contributed by atoms with Gasteiger partial charge in [0.1, 0.15) is 0 Å². The molecule has 2 N–H and O–H groups in total. The molecular formula is C22H24N4O5S. The quantitative estimate of drug-likeness (QED) is 0.446. The van der Waals surface area contributed by atoms with Crippen molar-refractivity contribution in [3.05, 3.63) is 66.5 Å². The Morgan fingerprint density at radius 3 is 2.41 bits per heavy atom. The third-order valence-electron chi connectivity index (χ3n) is 4.40. The zero-order valence-electron chi connectivity index (χ0n) is 17.7. The molecule has 168 valence electrons. The summed E-state index contributed by atoms with van der Waals surface area (Å²) >= 11 is 0. The minimum absolute atomic E-state index is 0.0122. The molecule has 9 nitrogen and oxygen atoms in total. The topological polar surface area (TPSA) is 120 Å². The van der Waals surface area contributed by atoms with Gasteiger partial charge in [0.05, 0.1) is 18.6 Å². The molecule has 3 rings (SSSR count). The van der Waals surface area contributed by atoms with Crippen LogP contribution < -0.4 is 19.5 Å². The van der Waals surface area contributed by atoms with Crippen LogP contribution in [0.2, 0.25) is 0 Å². The molecule has 1 amide bonds. The van der Waals surface area contributed by atoms with Crippen LogP contribution in [0.5, 0.6) is 11.5 Å². The average molecular weight is 457 g/mol. The number of nitrogens with zero attached hydrogens (tertiary/aromatic N) is 2. The van der Waals surface area contributed by atoms with Gasteiger partial charge in [-0.1, -0.05) is 13.3 Å². The molecule has 0 aliphatic heterocycles. The lowest BCUT2D eigenvalue weighted by molar-refractivity contribution is 0.102. The fraction of sp³-hybridized carbons (Fsp3) is 0.227. The van der Waals surface area contributed by atoms with Gasteiger partial charge in [0, 0.05) is 23.6 Å². The molecule has 0 saturated carbocycles. The molecule has 32 heavy (non-hydrogen) atoms. The number of sulfonamides is 1. The van der Waals surface area contributed by atoms with Crippen LogP contribution in [-0.2, 0) is 10.0 Å². The summed E-state index contributed by atoms with van der Waals surface area (Å²) in [5, 5.41) is 2.73. The van der Waals surface area contributed by atoms with Gasteiger partial charge in [0.2, 0.25) is 5.95 Å². The van der Waals surface area contributed by atoms with Crippen LogP contribution in [-0.4, -0.2) is 38.0 Å². The number of methoxy groups -OCH3 is 1. The number of nitrogens with one attached hydrogen (secondary N) is 2. The van der Waals surface area contributed by atoms with Gasteiger partial charge in [-0.2, -0.15) is 0 Å². The van der Waals surface area contributed by atoms with Crippen molar-refractivity contribution in [2.24, 2.45) is 0 Å². The maximum atomic E-state index is 12.6. The van der Waals surface area contributed by atoms with Gasteiger partial charge in [0.15, 0.2) is 11.5 Å². The van der Waals surface area contributed by atoms with Crippen LogP contribution in [0, 0.1) is 0 Å². The van der Waals surface area contributed by atoms with Gasteiger partial charge in [-0.25, -0.2) is 23.1 Å². The normalized spacial score (nSPS) is 10.9.